The van der Waals surface area contributed by atoms with Crippen LogP contribution in [-0.4, -0.2) is 14.2 Å². The Morgan fingerprint density at radius 1 is 0.871 bits per heavy atom. The third-order valence-corrected chi connectivity index (χ3v) is 6.07. The maximum Gasteiger partial charge on any atom is 0.172 e. The van der Waals surface area contributed by atoms with Crippen molar-refractivity contribution in [3.05, 3.63) is 99.9 Å². The van der Waals surface area contributed by atoms with E-state index in [9.17, 15) is 8.78 Å². The Morgan fingerprint density at radius 3 is 2.16 bits per heavy atom. The number of ether oxygens (including phenoxy) is 2. The van der Waals surface area contributed by atoms with Crippen molar-refractivity contribution >= 4 is 5.57 Å². The van der Waals surface area contributed by atoms with E-state index in [0.717, 1.165) is 22.4 Å². The number of rotatable bonds is 5. The van der Waals surface area contributed by atoms with Crippen LogP contribution in [0.3, 0.4) is 0 Å². The van der Waals surface area contributed by atoms with Gasteiger partial charge >= 0.3 is 0 Å². The van der Waals surface area contributed by atoms with E-state index in [1.165, 1.54) is 25.3 Å². The maximum absolute atomic E-state index is 15.3. The first-order chi connectivity index (χ1) is 14.9. The molecule has 3 aromatic rings. The molecule has 3 aromatic carbocycles. The number of fused-ring (bicyclic) bond motifs is 1. The lowest BCUT2D eigenvalue weighted by atomic mass is 9.74. The van der Waals surface area contributed by atoms with Crippen molar-refractivity contribution in [1.82, 2.24) is 0 Å². The molecule has 0 aromatic heterocycles. The maximum atomic E-state index is 15.3. The van der Waals surface area contributed by atoms with E-state index in [2.05, 4.69) is 0 Å². The minimum absolute atomic E-state index is 0.0453. The second kappa shape index (κ2) is 8.50. The van der Waals surface area contributed by atoms with E-state index >= 15 is 4.39 Å². The molecule has 31 heavy (non-hydrogen) atoms. The molecule has 0 saturated carbocycles. The van der Waals surface area contributed by atoms with E-state index < -0.39 is 17.5 Å². The fourth-order valence-electron chi connectivity index (χ4n) is 4.34. The van der Waals surface area contributed by atoms with Crippen LogP contribution in [0.15, 0.2) is 60.2 Å². The van der Waals surface area contributed by atoms with Gasteiger partial charge in [0, 0.05) is 23.5 Å². The average Bonchev–Trinajstić information content (AvgIpc) is 2.78. The van der Waals surface area contributed by atoms with Gasteiger partial charge in [-0.1, -0.05) is 29.8 Å². The molecule has 1 unspecified atom stereocenters. The molecule has 0 N–H and O–H groups in total. The highest BCUT2D eigenvalue weighted by Gasteiger charge is 2.30. The molecule has 0 radical (unpaired) electrons. The van der Waals surface area contributed by atoms with Crippen LogP contribution >= 0.6 is 0 Å². The minimum Gasteiger partial charge on any atom is -0.497 e. The van der Waals surface area contributed by atoms with Gasteiger partial charge in [-0.15, -0.1) is 0 Å². The van der Waals surface area contributed by atoms with Gasteiger partial charge in [-0.2, -0.15) is 0 Å². The number of allylic oxidation sites excluding steroid dienone is 2. The smallest absolute Gasteiger partial charge is 0.172 e. The van der Waals surface area contributed by atoms with E-state index in [4.69, 9.17) is 9.47 Å². The lowest BCUT2D eigenvalue weighted by Gasteiger charge is -2.30. The first-order valence-corrected chi connectivity index (χ1v) is 10.1. The molecule has 0 spiro atoms. The summed E-state index contributed by atoms with van der Waals surface area (Å²) < 4.78 is 54.7. The molecular formula is C26H23F3O2. The van der Waals surface area contributed by atoms with Crippen molar-refractivity contribution in [2.24, 2.45) is 0 Å². The van der Waals surface area contributed by atoms with Crippen LogP contribution in [0.25, 0.3) is 5.57 Å². The molecular weight excluding hydrogens is 401 g/mol. The van der Waals surface area contributed by atoms with E-state index in [-0.39, 0.29) is 23.7 Å². The third-order valence-electron chi connectivity index (χ3n) is 6.07. The van der Waals surface area contributed by atoms with Gasteiger partial charge in [-0.25, -0.2) is 13.2 Å². The first-order valence-electron chi connectivity index (χ1n) is 10.1. The molecule has 4 rings (SSSR count). The Labute approximate surface area is 179 Å². The van der Waals surface area contributed by atoms with Gasteiger partial charge in [-0.3, -0.25) is 0 Å². The quantitative estimate of drug-likeness (QED) is 0.467. The van der Waals surface area contributed by atoms with Crippen LogP contribution in [0.4, 0.5) is 13.2 Å². The summed E-state index contributed by atoms with van der Waals surface area (Å²) in [4.78, 5) is 0. The summed E-state index contributed by atoms with van der Waals surface area (Å²) in [5.74, 6) is -0.976. The first kappa shape index (κ1) is 21.0. The molecule has 1 aliphatic carbocycles. The van der Waals surface area contributed by atoms with Gasteiger partial charge in [0.1, 0.15) is 17.4 Å². The van der Waals surface area contributed by atoms with Crippen LogP contribution in [0.1, 0.15) is 35.1 Å². The zero-order valence-electron chi connectivity index (χ0n) is 17.6. The van der Waals surface area contributed by atoms with Gasteiger partial charge in [-0.05, 0) is 60.4 Å². The number of hydrogen-bond acceptors (Lipinski definition) is 2. The van der Waals surface area contributed by atoms with Gasteiger partial charge in [0.05, 0.1) is 14.2 Å². The van der Waals surface area contributed by atoms with Gasteiger partial charge in [0.15, 0.2) is 11.6 Å². The molecule has 0 bridgehead atoms. The second-order valence-electron chi connectivity index (χ2n) is 7.68. The van der Waals surface area contributed by atoms with E-state index in [1.807, 2.05) is 37.3 Å². The topological polar surface area (TPSA) is 18.5 Å². The largest absolute Gasteiger partial charge is 0.497 e. The molecule has 1 aliphatic rings. The van der Waals surface area contributed by atoms with Crippen molar-refractivity contribution in [2.45, 2.75) is 25.7 Å². The van der Waals surface area contributed by atoms with Crippen LogP contribution in [0.5, 0.6) is 11.5 Å². The van der Waals surface area contributed by atoms with Crippen LogP contribution in [-0.2, 0) is 12.8 Å². The van der Waals surface area contributed by atoms with Crippen molar-refractivity contribution in [2.75, 3.05) is 14.2 Å². The Bertz CT molecular complexity index is 1130. The molecule has 0 heterocycles. The highest BCUT2D eigenvalue weighted by Crippen LogP contribution is 2.44. The van der Waals surface area contributed by atoms with Crippen LogP contribution < -0.4 is 9.47 Å². The zero-order valence-corrected chi connectivity index (χ0v) is 17.6. The summed E-state index contributed by atoms with van der Waals surface area (Å²) in [6, 6.07) is 14.9. The summed E-state index contributed by atoms with van der Waals surface area (Å²) in [6.07, 6.45) is 0.533. The summed E-state index contributed by atoms with van der Waals surface area (Å²) in [5, 5.41) is 0. The zero-order chi connectivity index (χ0) is 22.1. The average molecular weight is 424 g/mol. The van der Waals surface area contributed by atoms with E-state index in [0.29, 0.717) is 17.6 Å². The lowest BCUT2D eigenvalue weighted by Crippen LogP contribution is -2.17. The Kier molecular flexibility index (Phi) is 5.77. The third kappa shape index (κ3) is 3.80. The number of halogens is 3. The lowest BCUT2D eigenvalue weighted by molar-refractivity contribution is 0.385. The summed E-state index contributed by atoms with van der Waals surface area (Å²) in [6.45, 7) is 1.91. The number of methoxy groups -OCH3 is 2. The van der Waals surface area contributed by atoms with Gasteiger partial charge in [0.2, 0.25) is 0 Å². The van der Waals surface area contributed by atoms with Crippen molar-refractivity contribution in [3.63, 3.8) is 0 Å². The minimum atomic E-state index is -0.642. The molecule has 0 aliphatic heterocycles. The molecule has 2 nitrogen and oxygen atoms in total. The van der Waals surface area contributed by atoms with Crippen LogP contribution in [0, 0.1) is 17.5 Å². The standard InChI is InChI=1S/C26H23F3O2/c1-15-19(16-7-10-18(30-2)11-8-16)13-17-9-12-24(31-3)26(29)25(17)20(15)14-21-22(27)5-4-6-23(21)28/h4-12,19H,13-14H2,1-3H3. The number of hydrogen-bond donors (Lipinski definition) is 0. The van der Waals surface area contributed by atoms with Gasteiger partial charge < -0.3 is 9.47 Å². The van der Waals surface area contributed by atoms with Crippen molar-refractivity contribution in [3.8, 4) is 11.5 Å². The predicted octanol–water partition coefficient (Wildman–Crippen LogP) is 6.48. The Morgan fingerprint density at radius 2 is 1.55 bits per heavy atom. The summed E-state index contributed by atoms with van der Waals surface area (Å²) >= 11 is 0. The highest BCUT2D eigenvalue weighted by atomic mass is 19.1. The Balaban J connectivity index is 1.89. The molecule has 5 heteroatoms. The second-order valence-corrected chi connectivity index (χ2v) is 7.68. The fraction of sp³-hybridized carbons (Fsp3) is 0.231. The van der Waals surface area contributed by atoms with Crippen LogP contribution in [0.2, 0.25) is 0 Å². The summed E-state index contributed by atoms with van der Waals surface area (Å²) in [7, 11) is 3.01. The van der Waals surface area contributed by atoms with Crippen molar-refractivity contribution < 1.29 is 22.6 Å². The monoisotopic (exact) mass is 424 g/mol. The number of benzene rings is 3. The molecule has 1 atom stereocenters. The predicted molar refractivity (Wildman–Crippen MR) is 115 cm³/mol. The highest BCUT2D eigenvalue weighted by molar-refractivity contribution is 5.78. The van der Waals surface area contributed by atoms with Gasteiger partial charge in [0.25, 0.3) is 0 Å². The van der Waals surface area contributed by atoms with Crippen molar-refractivity contribution in [1.29, 1.82) is 0 Å². The summed E-state index contributed by atoms with van der Waals surface area (Å²) in [5.41, 5.74) is 3.60. The normalized spacial score (nSPS) is 15.6. The fourth-order valence-corrected chi connectivity index (χ4v) is 4.34. The molecule has 0 saturated heterocycles. The Hall–Kier alpha value is -3.21. The molecule has 160 valence electrons. The molecule has 0 amide bonds. The molecule has 0 fully saturated rings. The van der Waals surface area contributed by atoms with E-state index in [1.54, 1.807) is 13.2 Å². The SMILES string of the molecule is COc1ccc(C2Cc3ccc(OC)c(F)c3C(Cc3c(F)cccc3F)=C2C)cc1.